The predicted molar refractivity (Wildman–Crippen MR) is 160 cm³/mol. The molecule has 0 spiro atoms. The van der Waals surface area contributed by atoms with Crippen molar-refractivity contribution in [2.45, 2.75) is 38.8 Å². The van der Waals surface area contributed by atoms with Crippen molar-refractivity contribution in [2.75, 3.05) is 0 Å². The largest absolute Gasteiger partial charge is 0.348 e. The Morgan fingerprint density at radius 1 is 0.975 bits per heavy atom. The van der Waals surface area contributed by atoms with E-state index in [-0.39, 0.29) is 16.5 Å². The summed E-state index contributed by atoms with van der Waals surface area (Å²) in [5, 5.41) is 16.0. The number of hydrogen-bond donors (Lipinski definition) is 1. The monoisotopic (exact) mass is 548 g/mol. The third kappa shape index (κ3) is 5.31. The summed E-state index contributed by atoms with van der Waals surface area (Å²) in [5.41, 5.74) is 5.98. The van der Waals surface area contributed by atoms with Gasteiger partial charge in [-0.15, -0.1) is 11.3 Å². The van der Waals surface area contributed by atoms with Crippen LogP contribution in [0.2, 0.25) is 0 Å². The zero-order valence-corrected chi connectivity index (χ0v) is 22.7. The van der Waals surface area contributed by atoms with Crippen LogP contribution >= 0.6 is 11.3 Å². The second kappa shape index (κ2) is 11.3. The van der Waals surface area contributed by atoms with Crippen LogP contribution in [0.25, 0.3) is 10.9 Å². The number of fused-ring (bicyclic) bond motifs is 2. The van der Waals surface area contributed by atoms with Crippen LogP contribution in [0.1, 0.15) is 50.3 Å². The Balaban J connectivity index is 1.30. The van der Waals surface area contributed by atoms with Gasteiger partial charge in [0.25, 0.3) is 11.6 Å². The molecular weight excluding hydrogens is 520 g/mol. The van der Waals surface area contributed by atoms with Crippen LogP contribution in [-0.4, -0.2) is 21.6 Å². The van der Waals surface area contributed by atoms with Crippen LogP contribution in [-0.2, 0) is 25.9 Å². The van der Waals surface area contributed by atoms with Crippen molar-refractivity contribution >= 4 is 45.0 Å². The summed E-state index contributed by atoms with van der Waals surface area (Å²) in [5.74, 6) is -0.0731. The van der Waals surface area contributed by atoms with Gasteiger partial charge in [-0.1, -0.05) is 60.7 Å². The summed E-state index contributed by atoms with van der Waals surface area (Å²) >= 11 is 1.63. The van der Waals surface area contributed by atoms with Gasteiger partial charge >= 0.3 is 0 Å². The minimum atomic E-state index is -0.387. The highest BCUT2D eigenvalue weighted by Crippen LogP contribution is 2.40. The van der Waals surface area contributed by atoms with Gasteiger partial charge < -0.3 is 9.88 Å². The van der Waals surface area contributed by atoms with E-state index in [2.05, 4.69) is 28.2 Å². The fourth-order valence-corrected chi connectivity index (χ4v) is 6.53. The van der Waals surface area contributed by atoms with Gasteiger partial charge in [0.1, 0.15) is 5.00 Å². The molecule has 0 saturated carbocycles. The Morgan fingerprint density at radius 3 is 2.52 bits per heavy atom. The highest BCUT2D eigenvalue weighted by molar-refractivity contribution is 7.16. The molecule has 0 aliphatic heterocycles. The van der Waals surface area contributed by atoms with Crippen LogP contribution in [0.15, 0.2) is 90.1 Å². The topological polar surface area (TPSA) is 89.5 Å². The highest BCUT2D eigenvalue weighted by Gasteiger charge is 2.25. The van der Waals surface area contributed by atoms with Crippen LogP contribution in [0.5, 0.6) is 0 Å². The van der Waals surface area contributed by atoms with Gasteiger partial charge in [-0.2, -0.15) is 0 Å². The molecule has 8 heteroatoms. The average molecular weight is 549 g/mol. The van der Waals surface area contributed by atoms with Crippen LogP contribution in [0.3, 0.4) is 0 Å². The van der Waals surface area contributed by atoms with Gasteiger partial charge in [0, 0.05) is 59.0 Å². The summed E-state index contributed by atoms with van der Waals surface area (Å²) in [6.45, 7) is 1.05. The predicted octanol–water partition coefficient (Wildman–Crippen LogP) is 7.22. The third-order valence-corrected chi connectivity index (χ3v) is 8.52. The number of non-ortho nitro benzene ring substituents is 1. The molecule has 0 bridgehead atoms. The van der Waals surface area contributed by atoms with Crippen molar-refractivity contribution in [1.82, 2.24) is 9.88 Å². The third-order valence-electron chi connectivity index (χ3n) is 7.32. The molecule has 0 saturated heterocycles. The lowest BCUT2D eigenvalue weighted by atomic mass is 9.95. The van der Waals surface area contributed by atoms with E-state index in [0.29, 0.717) is 18.7 Å². The van der Waals surface area contributed by atoms with Crippen molar-refractivity contribution in [1.29, 1.82) is 0 Å². The lowest BCUT2D eigenvalue weighted by molar-refractivity contribution is -0.384. The van der Waals surface area contributed by atoms with Gasteiger partial charge in [0.05, 0.1) is 10.5 Å². The number of nitrogens with one attached hydrogen (secondary N) is 1. The van der Waals surface area contributed by atoms with E-state index in [0.717, 1.165) is 63.8 Å². The number of aliphatic imine (C=N–C) groups is 1. The average Bonchev–Trinajstić information content (AvgIpc) is 3.53. The molecule has 0 fully saturated rings. The molecule has 5 aromatic rings. The maximum atomic E-state index is 13.4. The first kappa shape index (κ1) is 25.7. The molecule has 1 N–H and O–H groups in total. The summed E-state index contributed by atoms with van der Waals surface area (Å²) in [7, 11) is 0. The van der Waals surface area contributed by atoms with Gasteiger partial charge in [0.15, 0.2) is 0 Å². The first-order chi connectivity index (χ1) is 19.6. The van der Waals surface area contributed by atoms with Crippen LogP contribution < -0.4 is 5.32 Å². The fourth-order valence-electron chi connectivity index (χ4n) is 5.30. The first-order valence-electron chi connectivity index (χ1n) is 13.4. The zero-order valence-electron chi connectivity index (χ0n) is 21.9. The normalized spacial score (nSPS) is 13.0. The van der Waals surface area contributed by atoms with Crippen molar-refractivity contribution in [2.24, 2.45) is 4.99 Å². The molecule has 40 heavy (non-hydrogen) atoms. The van der Waals surface area contributed by atoms with Crippen molar-refractivity contribution in [3.8, 4) is 0 Å². The molecule has 1 amide bonds. The van der Waals surface area contributed by atoms with Crippen LogP contribution in [0, 0.1) is 10.1 Å². The number of nitrogens with zero attached hydrogens (tertiary/aromatic N) is 3. The molecule has 0 atom stereocenters. The number of aromatic nitrogens is 1. The van der Waals surface area contributed by atoms with E-state index in [1.807, 2.05) is 48.7 Å². The Bertz CT molecular complexity index is 1720. The lowest BCUT2D eigenvalue weighted by Gasteiger charge is -2.12. The Labute approximate surface area is 236 Å². The maximum Gasteiger partial charge on any atom is 0.269 e. The molecule has 200 valence electrons. The Hall–Kier alpha value is -4.56. The molecule has 3 aromatic carbocycles. The number of carbonyl (C=O) groups excluding carboxylic acids is 1. The molecule has 2 heterocycles. The molecule has 1 aliphatic rings. The number of carbonyl (C=O) groups is 1. The number of benzene rings is 3. The molecule has 0 radical (unpaired) electrons. The Kier molecular flexibility index (Phi) is 7.25. The number of nitro benzene ring substituents is 1. The molecule has 2 aromatic heterocycles. The second-order valence-electron chi connectivity index (χ2n) is 9.97. The number of rotatable bonds is 8. The summed E-state index contributed by atoms with van der Waals surface area (Å²) in [6, 6.07) is 24.7. The van der Waals surface area contributed by atoms with Gasteiger partial charge in [0.2, 0.25) is 0 Å². The minimum Gasteiger partial charge on any atom is -0.348 e. The quantitative estimate of drug-likeness (QED) is 0.126. The second-order valence-corrected chi connectivity index (χ2v) is 11.1. The maximum absolute atomic E-state index is 13.4. The van der Waals surface area contributed by atoms with E-state index < -0.39 is 0 Å². The summed E-state index contributed by atoms with van der Waals surface area (Å²) in [4.78, 5) is 30.3. The van der Waals surface area contributed by atoms with E-state index in [9.17, 15) is 14.9 Å². The molecule has 7 nitrogen and oxygen atoms in total. The standard InChI is InChI=1S/C32H28N4O3S/c37-31(33-18-22-8-2-1-3-9-22)30-27-11-5-7-13-29(27)40-32(30)34-19-24-21-35(28-12-6-4-10-26(24)28)20-23-14-16-25(17-15-23)36(38)39/h1-4,6,8-10,12,14-17,19,21H,5,7,11,13,18,20H2,(H,33,37). The Morgan fingerprint density at radius 2 is 1.73 bits per heavy atom. The highest BCUT2D eigenvalue weighted by atomic mass is 32.1. The number of aryl methyl sites for hydroxylation is 1. The number of amides is 1. The smallest absolute Gasteiger partial charge is 0.269 e. The molecular formula is C32H28N4O3S. The SMILES string of the molecule is O=C(NCc1ccccc1)c1c(N=Cc2cn(Cc3ccc([N+](=O)[O-])cc3)c3ccccc23)sc2c1CCCC2. The van der Waals surface area contributed by atoms with Crippen LogP contribution in [0.4, 0.5) is 10.7 Å². The van der Waals surface area contributed by atoms with E-state index >= 15 is 0 Å². The van der Waals surface area contributed by atoms with E-state index in [1.54, 1.807) is 23.5 Å². The summed E-state index contributed by atoms with van der Waals surface area (Å²) in [6.07, 6.45) is 8.03. The van der Waals surface area contributed by atoms with E-state index in [4.69, 9.17) is 4.99 Å². The summed E-state index contributed by atoms with van der Waals surface area (Å²) < 4.78 is 2.13. The van der Waals surface area contributed by atoms with Gasteiger partial charge in [-0.05, 0) is 48.4 Å². The number of nitro groups is 1. The zero-order chi connectivity index (χ0) is 27.5. The van der Waals surface area contributed by atoms with Crippen molar-refractivity contribution in [3.05, 3.63) is 128 Å². The van der Waals surface area contributed by atoms with Gasteiger partial charge in [-0.3, -0.25) is 14.9 Å². The minimum absolute atomic E-state index is 0.0731. The number of para-hydroxylation sites is 1. The molecule has 6 rings (SSSR count). The molecule has 0 unspecified atom stereocenters. The fraction of sp³-hybridized carbons (Fsp3) is 0.188. The number of thiophene rings is 1. The first-order valence-corrected chi connectivity index (χ1v) is 14.2. The van der Waals surface area contributed by atoms with Crippen molar-refractivity contribution in [3.63, 3.8) is 0 Å². The van der Waals surface area contributed by atoms with Crippen molar-refractivity contribution < 1.29 is 9.72 Å². The molecule has 1 aliphatic carbocycles. The number of hydrogen-bond acceptors (Lipinski definition) is 5. The lowest BCUT2D eigenvalue weighted by Crippen LogP contribution is -2.24. The van der Waals surface area contributed by atoms with E-state index in [1.165, 1.54) is 17.0 Å². The van der Waals surface area contributed by atoms with Gasteiger partial charge in [-0.25, -0.2) is 4.99 Å².